The van der Waals surface area contributed by atoms with Crippen LogP contribution in [0.15, 0.2) is 28.5 Å². The van der Waals surface area contributed by atoms with E-state index in [2.05, 4.69) is 34.1 Å². The van der Waals surface area contributed by atoms with Gasteiger partial charge in [-0.3, -0.25) is 4.98 Å². The van der Waals surface area contributed by atoms with Gasteiger partial charge in [0.25, 0.3) is 0 Å². The van der Waals surface area contributed by atoms with E-state index < -0.39 is 0 Å². The summed E-state index contributed by atoms with van der Waals surface area (Å²) in [7, 11) is 0. The molecule has 2 rings (SSSR count). The largest absolute Gasteiger partial charge is 0.306 e. The molecule has 0 fully saturated rings. The molecule has 1 N–H and O–H groups in total. The van der Waals surface area contributed by atoms with Gasteiger partial charge in [-0.25, -0.2) is 0 Å². The van der Waals surface area contributed by atoms with Gasteiger partial charge in [0.05, 0.1) is 11.6 Å². The van der Waals surface area contributed by atoms with Gasteiger partial charge in [-0.05, 0) is 35.4 Å². The van der Waals surface area contributed by atoms with Gasteiger partial charge in [0, 0.05) is 11.1 Å². The normalized spacial score (nSPS) is 12.9. The van der Waals surface area contributed by atoms with Crippen molar-refractivity contribution in [1.29, 1.82) is 0 Å². The van der Waals surface area contributed by atoms with Crippen LogP contribution in [0.2, 0.25) is 0 Å². The summed E-state index contributed by atoms with van der Waals surface area (Å²) in [6, 6.07) is 2.50. The Hall–Kier alpha value is -0.710. The quantitative estimate of drug-likeness (QED) is 0.864. The molecule has 4 heteroatoms. The molecular weight excluding hydrogens is 224 g/mol. The highest BCUT2D eigenvalue weighted by molar-refractivity contribution is 7.09. The second-order valence-corrected chi connectivity index (χ2v) is 5.05. The number of nitrogens with one attached hydrogen (secondary N) is 1. The molecule has 0 amide bonds. The lowest BCUT2D eigenvalue weighted by Crippen LogP contribution is -2.21. The Kier molecular flexibility index (Phi) is 3.88. The third-order valence-corrected chi connectivity index (χ3v) is 3.75. The van der Waals surface area contributed by atoms with E-state index >= 15 is 0 Å². The first-order chi connectivity index (χ1) is 7.42. The van der Waals surface area contributed by atoms with Gasteiger partial charge in [0.15, 0.2) is 0 Å². The molecule has 15 heavy (non-hydrogen) atoms. The summed E-state index contributed by atoms with van der Waals surface area (Å²) in [5.41, 5.74) is 3.24. The highest BCUT2D eigenvalue weighted by Crippen LogP contribution is 2.26. The molecule has 2 aromatic heterocycles. The van der Waals surface area contributed by atoms with Crippen LogP contribution >= 0.6 is 22.7 Å². The van der Waals surface area contributed by atoms with Crippen molar-refractivity contribution in [3.63, 3.8) is 0 Å². The lowest BCUT2D eigenvalue weighted by Gasteiger charge is -2.15. The van der Waals surface area contributed by atoms with E-state index in [1.165, 1.54) is 10.4 Å². The summed E-state index contributed by atoms with van der Waals surface area (Å²) in [6.45, 7) is 3.22. The van der Waals surface area contributed by atoms with Crippen molar-refractivity contribution in [1.82, 2.24) is 10.3 Å². The van der Waals surface area contributed by atoms with E-state index in [-0.39, 0.29) is 0 Å². The van der Waals surface area contributed by atoms with Gasteiger partial charge in [0.2, 0.25) is 0 Å². The van der Waals surface area contributed by atoms with Crippen molar-refractivity contribution in [3.05, 3.63) is 39.0 Å². The van der Waals surface area contributed by atoms with Crippen LogP contribution in [0, 0.1) is 0 Å². The molecule has 2 heterocycles. The zero-order valence-electron chi connectivity index (χ0n) is 8.64. The molecule has 0 aliphatic rings. The van der Waals surface area contributed by atoms with Gasteiger partial charge in [0.1, 0.15) is 0 Å². The minimum Gasteiger partial charge on any atom is -0.306 e. The Morgan fingerprint density at radius 1 is 1.53 bits per heavy atom. The van der Waals surface area contributed by atoms with Crippen LogP contribution in [0.25, 0.3) is 0 Å². The molecular formula is C11H14N2S2. The van der Waals surface area contributed by atoms with Crippen molar-refractivity contribution >= 4 is 22.7 Å². The highest BCUT2D eigenvalue weighted by atomic mass is 32.1. The van der Waals surface area contributed by atoms with Crippen molar-refractivity contribution in [2.24, 2.45) is 0 Å². The zero-order chi connectivity index (χ0) is 10.5. The summed E-state index contributed by atoms with van der Waals surface area (Å²) in [5, 5.41) is 7.87. The topological polar surface area (TPSA) is 24.9 Å². The minimum atomic E-state index is 0.323. The molecule has 0 aliphatic carbocycles. The van der Waals surface area contributed by atoms with Gasteiger partial charge in [-0.1, -0.05) is 6.92 Å². The van der Waals surface area contributed by atoms with E-state index in [0.29, 0.717) is 6.04 Å². The number of rotatable bonds is 5. The van der Waals surface area contributed by atoms with Crippen LogP contribution in [-0.2, 0) is 0 Å². The summed E-state index contributed by atoms with van der Waals surface area (Å²) in [4.78, 5) is 5.44. The fourth-order valence-corrected chi connectivity index (χ4v) is 2.89. The van der Waals surface area contributed by atoms with E-state index in [4.69, 9.17) is 0 Å². The lowest BCUT2D eigenvalue weighted by atomic mass is 10.1. The molecule has 0 spiro atoms. The van der Waals surface area contributed by atoms with Crippen molar-refractivity contribution in [2.75, 3.05) is 6.54 Å². The maximum Gasteiger partial charge on any atom is 0.0794 e. The van der Waals surface area contributed by atoms with Crippen LogP contribution in [0.4, 0.5) is 0 Å². The smallest absolute Gasteiger partial charge is 0.0794 e. The predicted molar refractivity (Wildman–Crippen MR) is 66.6 cm³/mol. The average molecular weight is 238 g/mol. The van der Waals surface area contributed by atoms with E-state index in [9.17, 15) is 0 Å². The van der Waals surface area contributed by atoms with Crippen molar-refractivity contribution in [2.45, 2.75) is 19.4 Å². The first-order valence-corrected chi connectivity index (χ1v) is 6.88. The van der Waals surface area contributed by atoms with Crippen LogP contribution in [0.3, 0.4) is 0 Å². The number of nitrogens with zero attached hydrogens (tertiary/aromatic N) is 1. The molecule has 0 aromatic carbocycles. The van der Waals surface area contributed by atoms with Crippen LogP contribution in [-0.4, -0.2) is 11.5 Å². The van der Waals surface area contributed by atoms with Crippen LogP contribution in [0.1, 0.15) is 29.8 Å². The lowest BCUT2D eigenvalue weighted by molar-refractivity contribution is 0.606. The standard InChI is InChI=1S/C11H14N2S2/c1-2-4-13-11(9-3-5-14-7-9)10-6-12-8-15-10/h3,5-8,11,13H,2,4H2,1H3. The molecule has 2 aromatic rings. The summed E-state index contributed by atoms with van der Waals surface area (Å²) < 4.78 is 0. The summed E-state index contributed by atoms with van der Waals surface area (Å²) in [6.07, 6.45) is 3.11. The molecule has 0 radical (unpaired) electrons. The molecule has 80 valence electrons. The molecule has 0 saturated carbocycles. The maximum atomic E-state index is 4.14. The first-order valence-electron chi connectivity index (χ1n) is 5.05. The summed E-state index contributed by atoms with van der Waals surface area (Å²) in [5.74, 6) is 0. The fraction of sp³-hybridized carbons (Fsp3) is 0.364. The number of thiazole rings is 1. The zero-order valence-corrected chi connectivity index (χ0v) is 10.3. The van der Waals surface area contributed by atoms with Crippen molar-refractivity contribution in [3.8, 4) is 0 Å². The minimum absolute atomic E-state index is 0.323. The SMILES string of the molecule is CCCNC(c1ccsc1)c1cncs1. The fourth-order valence-electron chi connectivity index (χ4n) is 1.48. The second-order valence-electron chi connectivity index (χ2n) is 3.35. The Balaban J connectivity index is 2.17. The first kappa shape index (κ1) is 10.8. The van der Waals surface area contributed by atoms with Crippen LogP contribution < -0.4 is 5.32 Å². The Morgan fingerprint density at radius 3 is 3.07 bits per heavy atom. The third kappa shape index (κ3) is 2.65. The van der Waals surface area contributed by atoms with Gasteiger partial charge in [-0.15, -0.1) is 11.3 Å². The molecule has 1 unspecified atom stereocenters. The molecule has 0 aliphatic heterocycles. The van der Waals surface area contributed by atoms with Gasteiger partial charge >= 0.3 is 0 Å². The Labute approximate surface area is 98.0 Å². The number of hydrogen-bond donors (Lipinski definition) is 1. The molecule has 0 saturated heterocycles. The number of thiophene rings is 1. The number of aromatic nitrogens is 1. The van der Waals surface area contributed by atoms with E-state index in [1.807, 2.05) is 11.7 Å². The average Bonchev–Trinajstić information content (AvgIpc) is 2.90. The maximum absolute atomic E-state index is 4.14. The summed E-state index contributed by atoms with van der Waals surface area (Å²) >= 11 is 3.45. The van der Waals surface area contributed by atoms with Gasteiger partial charge in [-0.2, -0.15) is 11.3 Å². The molecule has 1 atom stereocenters. The number of hydrogen-bond acceptors (Lipinski definition) is 4. The predicted octanol–water partition coefficient (Wildman–Crippen LogP) is 3.29. The van der Waals surface area contributed by atoms with Crippen molar-refractivity contribution < 1.29 is 0 Å². The monoisotopic (exact) mass is 238 g/mol. The Bertz CT molecular complexity index is 333. The highest BCUT2D eigenvalue weighted by Gasteiger charge is 2.14. The molecule has 0 bridgehead atoms. The third-order valence-electron chi connectivity index (χ3n) is 2.21. The molecule has 2 nitrogen and oxygen atoms in total. The Morgan fingerprint density at radius 2 is 2.47 bits per heavy atom. The van der Waals surface area contributed by atoms with Gasteiger partial charge < -0.3 is 5.32 Å². The van der Waals surface area contributed by atoms with E-state index in [0.717, 1.165) is 13.0 Å². The van der Waals surface area contributed by atoms with E-state index in [1.54, 1.807) is 22.7 Å². The van der Waals surface area contributed by atoms with Crippen LogP contribution in [0.5, 0.6) is 0 Å². The second kappa shape index (κ2) is 5.39.